The molecular weight excluding hydrogens is 360 g/mol. The Morgan fingerprint density at radius 1 is 1.60 bits per heavy atom. The Hall–Kier alpha value is -2.08. The van der Waals surface area contributed by atoms with Gasteiger partial charge in [-0.3, -0.25) is 0 Å². The average Bonchev–Trinajstić information content (AvgIpc) is 2.95. The van der Waals surface area contributed by atoms with Crippen molar-refractivity contribution in [1.29, 1.82) is 0 Å². The first-order valence-electron chi connectivity index (χ1n) is 4.85. The molecule has 20 heavy (non-hydrogen) atoms. The Morgan fingerprint density at radius 2 is 2.30 bits per heavy atom. The van der Waals surface area contributed by atoms with Gasteiger partial charge in [0.05, 0.1) is 7.11 Å². The van der Waals surface area contributed by atoms with Crippen LogP contribution in [0.3, 0.4) is 0 Å². The summed E-state index contributed by atoms with van der Waals surface area (Å²) in [6, 6.07) is 0.808. The number of anilines is 1. The number of hydrogen-bond donors (Lipinski definition) is 3. The molecule has 0 saturated carbocycles. The highest BCUT2D eigenvalue weighted by Crippen LogP contribution is 2.27. The van der Waals surface area contributed by atoms with Gasteiger partial charge >= 0.3 is 12.0 Å². The number of aromatic carboxylic acids is 1. The van der Waals surface area contributed by atoms with Crippen LogP contribution in [-0.4, -0.2) is 41.8 Å². The highest BCUT2D eigenvalue weighted by Gasteiger charge is 2.26. The van der Waals surface area contributed by atoms with Crippen molar-refractivity contribution >= 4 is 37.9 Å². The van der Waals surface area contributed by atoms with E-state index in [-0.39, 0.29) is 21.5 Å². The molecule has 10 nitrogen and oxygen atoms in total. The lowest BCUT2D eigenvalue weighted by atomic mass is 10.5. The van der Waals surface area contributed by atoms with Crippen LogP contribution in [0, 0.1) is 0 Å². The summed E-state index contributed by atoms with van der Waals surface area (Å²) in [7, 11) is -2.78. The summed E-state index contributed by atoms with van der Waals surface area (Å²) < 4.78 is 35.3. The summed E-state index contributed by atoms with van der Waals surface area (Å²) in [5.74, 6) is -2.10. The van der Waals surface area contributed by atoms with Gasteiger partial charge in [0.15, 0.2) is 4.67 Å². The molecule has 0 aliphatic heterocycles. The van der Waals surface area contributed by atoms with E-state index in [4.69, 9.17) is 9.52 Å². The number of aromatic amines is 1. The van der Waals surface area contributed by atoms with Crippen LogP contribution in [0.15, 0.2) is 20.0 Å². The zero-order valence-corrected chi connectivity index (χ0v) is 12.1. The van der Waals surface area contributed by atoms with Crippen LogP contribution in [0.2, 0.25) is 0 Å². The minimum absolute atomic E-state index is 0.0554. The molecule has 0 aliphatic rings. The molecule has 0 saturated heterocycles. The molecule has 108 valence electrons. The molecule has 2 aromatic heterocycles. The van der Waals surface area contributed by atoms with Crippen molar-refractivity contribution in [3.8, 4) is 6.01 Å². The Bertz CT molecular complexity index is 751. The molecule has 3 N–H and O–H groups in total. The molecule has 0 amide bonds. The van der Waals surface area contributed by atoms with E-state index in [1.165, 1.54) is 7.11 Å². The van der Waals surface area contributed by atoms with Crippen molar-refractivity contribution < 1.29 is 27.5 Å². The Balaban J connectivity index is 2.32. The summed E-state index contributed by atoms with van der Waals surface area (Å²) in [5.41, 5.74) is 0. The summed E-state index contributed by atoms with van der Waals surface area (Å²) >= 11 is 2.83. The lowest BCUT2D eigenvalue weighted by Crippen LogP contribution is -2.13. The van der Waals surface area contributed by atoms with Gasteiger partial charge in [-0.25, -0.2) is 23.0 Å². The predicted octanol–water partition coefficient (Wildman–Crippen LogP) is 0.668. The maximum absolute atomic E-state index is 12.0. The smallest absolute Gasteiger partial charge is 0.371 e. The number of methoxy groups -OCH3 is 1. The number of furan rings is 1. The van der Waals surface area contributed by atoms with E-state index in [2.05, 4.69) is 40.6 Å². The largest absolute Gasteiger partial charge is 0.475 e. The zero-order chi connectivity index (χ0) is 14.9. The molecule has 2 aromatic rings. The van der Waals surface area contributed by atoms with E-state index in [1.807, 2.05) is 0 Å². The van der Waals surface area contributed by atoms with Crippen molar-refractivity contribution in [1.82, 2.24) is 15.2 Å². The number of hydrogen-bond acceptors (Lipinski definition) is 7. The third-order valence-corrected chi connectivity index (χ3v) is 4.23. The quantitative estimate of drug-likeness (QED) is 0.698. The fourth-order valence-corrected chi connectivity index (χ4v) is 3.11. The minimum Gasteiger partial charge on any atom is -0.475 e. The Kier molecular flexibility index (Phi) is 3.67. The topological polar surface area (TPSA) is 147 Å². The second kappa shape index (κ2) is 5.13. The maximum Gasteiger partial charge on any atom is 0.371 e. The first-order chi connectivity index (χ1) is 9.33. The zero-order valence-electron chi connectivity index (χ0n) is 9.75. The van der Waals surface area contributed by atoms with Gasteiger partial charge in [-0.2, -0.15) is 4.98 Å². The van der Waals surface area contributed by atoms with E-state index in [0.29, 0.717) is 0 Å². The number of carboxylic acid groups (broad SMARTS) is 1. The second-order valence-electron chi connectivity index (χ2n) is 3.33. The van der Waals surface area contributed by atoms with Gasteiger partial charge in [0.25, 0.3) is 10.0 Å². The SMILES string of the molecule is COc1n[nH]c(NS(=O)(=O)c2cc(C(=O)O)oc2Br)n1. The van der Waals surface area contributed by atoms with Crippen LogP contribution >= 0.6 is 15.9 Å². The van der Waals surface area contributed by atoms with E-state index < -0.39 is 21.8 Å². The Morgan fingerprint density at radius 3 is 2.80 bits per heavy atom. The standard InChI is InChI=1S/C8H7BrN4O6S/c1-18-8-10-7(11-12-8)13-20(16,17)4-2-3(6(14)15)19-5(4)9/h2H,1H3,(H,14,15)(H2,10,11,12,13). The summed E-state index contributed by atoms with van der Waals surface area (Å²) in [4.78, 5) is 14.0. The molecule has 12 heteroatoms. The lowest BCUT2D eigenvalue weighted by molar-refractivity contribution is 0.0661. The number of aromatic nitrogens is 3. The number of rotatable bonds is 5. The van der Waals surface area contributed by atoms with Crippen LogP contribution in [-0.2, 0) is 10.0 Å². The van der Waals surface area contributed by atoms with Crippen molar-refractivity contribution in [2.45, 2.75) is 4.90 Å². The molecule has 2 heterocycles. The number of halogens is 1. The molecule has 0 fully saturated rings. The van der Waals surface area contributed by atoms with Gasteiger partial charge in [0.1, 0.15) is 4.90 Å². The Labute approximate surface area is 120 Å². The van der Waals surface area contributed by atoms with E-state index >= 15 is 0 Å². The number of H-pyrrole nitrogens is 1. The van der Waals surface area contributed by atoms with Crippen molar-refractivity contribution in [2.75, 3.05) is 11.8 Å². The van der Waals surface area contributed by atoms with E-state index in [9.17, 15) is 13.2 Å². The number of ether oxygens (including phenoxy) is 1. The molecule has 0 spiro atoms. The van der Waals surface area contributed by atoms with Crippen LogP contribution in [0.4, 0.5) is 5.95 Å². The second-order valence-corrected chi connectivity index (χ2v) is 5.70. The van der Waals surface area contributed by atoms with Gasteiger partial charge in [0, 0.05) is 6.07 Å². The van der Waals surface area contributed by atoms with Crippen LogP contribution in [0.5, 0.6) is 6.01 Å². The predicted molar refractivity (Wildman–Crippen MR) is 67.1 cm³/mol. The molecule has 0 radical (unpaired) electrons. The van der Waals surface area contributed by atoms with E-state index in [1.54, 1.807) is 0 Å². The highest BCUT2D eigenvalue weighted by molar-refractivity contribution is 9.10. The van der Waals surface area contributed by atoms with E-state index in [0.717, 1.165) is 6.07 Å². The third kappa shape index (κ3) is 2.75. The minimum atomic E-state index is -4.09. The summed E-state index contributed by atoms with van der Waals surface area (Å²) in [6.45, 7) is 0. The first-order valence-corrected chi connectivity index (χ1v) is 7.13. The normalized spacial score (nSPS) is 11.3. The molecule has 0 aromatic carbocycles. The first kappa shape index (κ1) is 14.3. The van der Waals surface area contributed by atoms with Gasteiger partial charge in [0.2, 0.25) is 11.7 Å². The lowest BCUT2D eigenvalue weighted by Gasteiger charge is -2.01. The van der Waals surface area contributed by atoms with Crippen LogP contribution in [0.1, 0.15) is 10.6 Å². The number of carboxylic acids is 1. The van der Waals surface area contributed by atoms with Crippen LogP contribution in [0.25, 0.3) is 0 Å². The molecule has 2 rings (SSSR count). The van der Waals surface area contributed by atoms with Crippen molar-refractivity contribution in [3.05, 3.63) is 16.5 Å². The third-order valence-electron chi connectivity index (χ3n) is 2.03. The molecule has 0 unspecified atom stereocenters. The molecule has 0 aliphatic carbocycles. The fourth-order valence-electron chi connectivity index (χ4n) is 1.21. The van der Waals surface area contributed by atoms with Gasteiger partial charge in [-0.1, -0.05) is 0 Å². The number of carbonyl (C=O) groups is 1. The monoisotopic (exact) mass is 366 g/mol. The maximum atomic E-state index is 12.0. The number of nitrogens with zero attached hydrogens (tertiary/aromatic N) is 2. The molecule has 0 atom stereocenters. The average molecular weight is 367 g/mol. The molecule has 0 bridgehead atoms. The van der Waals surface area contributed by atoms with Crippen molar-refractivity contribution in [2.24, 2.45) is 0 Å². The van der Waals surface area contributed by atoms with Gasteiger partial charge in [-0.05, 0) is 15.9 Å². The summed E-state index contributed by atoms with van der Waals surface area (Å²) in [5, 5.41) is 14.6. The molecular formula is C8H7BrN4O6S. The number of nitrogens with one attached hydrogen (secondary N) is 2. The number of sulfonamides is 1. The summed E-state index contributed by atoms with van der Waals surface area (Å²) in [6.07, 6.45) is 0. The van der Waals surface area contributed by atoms with Gasteiger partial charge < -0.3 is 14.3 Å². The fraction of sp³-hybridized carbons (Fsp3) is 0.125. The van der Waals surface area contributed by atoms with Crippen molar-refractivity contribution in [3.63, 3.8) is 0 Å². The van der Waals surface area contributed by atoms with Gasteiger partial charge in [-0.15, -0.1) is 5.10 Å². The highest BCUT2D eigenvalue weighted by atomic mass is 79.9. The van der Waals surface area contributed by atoms with Crippen LogP contribution < -0.4 is 9.46 Å².